The van der Waals surface area contributed by atoms with Gasteiger partial charge in [-0.25, -0.2) is 49.8 Å². The van der Waals surface area contributed by atoms with Gasteiger partial charge < -0.3 is 9.40 Å². The molecule has 3 aliphatic rings. The van der Waals surface area contributed by atoms with Crippen LogP contribution < -0.4 is 0 Å². The molecule has 1 N–H and O–H groups in total. The normalized spacial score (nSPS) is 11.6. The Kier molecular flexibility index (Phi) is 67.1. The number of imidazole rings is 1. The molecule has 0 aliphatic carbocycles. The van der Waals surface area contributed by atoms with Gasteiger partial charge in [0.1, 0.15) is 49.6 Å². The highest BCUT2D eigenvalue weighted by Gasteiger charge is 2.20. The van der Waals surface area contributed by atoms with E-state index in [9.17, 15) is 0 Å². The maximum Gasteiger partial charge on any atom is 0.180 e. The Hall–Kier alpha value is -9.95. The van der Waals surface area contributed by atoms with Crippen LogP contribution in [-0.4, -0.2) is 110 Å². The van der Waals surface area contributed by atoms with Gasteiger partial charge in [-0.05, 0) is 96.8 Å². The van der Waals surface area contributed by atoms with Gasteiger partial charge in [-0.15, -0.1) is 44.2 Å². The molecule has 135 heavy (non-hydrogen) atoms. The van der Waals surface area contributed by atoms with Gasteiger partial charge in [0, 0.05) is 126 Å². The van der Waals surface area contributed by atoms with Crippen LogP contribution in [0.25, 0.3) is 20.7 Å². The van der Waals surface area contributed by atoms with Crippen LogP contribution in [0.5, 0.6) is 0 Å². The lowest BCUT2D eigenvalue weighted by Crippen LogP contribution is -2.13. The fourth-order valence-corrected chi connectivity index (χ4v) is 9.36. The summed E-state index contributed by atoms with van der Waals surface area (Å²) in [5.74, 6) is 0. The number of aromatic amines is 1. The molecule has 0 saturated heterocycles. The molecule has 3 aliphatic heterocycles. The fourth-order valence-electron chi connectivity index (χ4n) is 6.78. The van der Waals surface area contributed by atoms with Gasteiger partial charge in [0.2, 0.25) is 0 Å². The van der Waals surface area contributed by atoms with Crippen molar-refractivity contribution in [1.82, 2.24) is 85.0 Å². The summed E-state index contributed by atoms with van der Waals surface area (Å²) in [5, 5.41) is 11.9. The van der Waals surface area contributed by atoms with Crippen LogP contribution in [0.2, 0.25) is 0 Å². The predicted molar refractivity (Wildman–Crippen MR) is 590 cm³/mol. The average molecular weight is 1930 g/mol. The summed E-state index contributed by atoms with van der Waals surface area (Å²) < 4.78 is 4.47. The van der Waals surface area contributed by atoms with E-state index in [1.54, 1.807) is 174 Å². The van der Waals surface area contributed by atoms with Gasteiger partial charge in [0.15, 0.2) is 6.39 Å². The van der Waals surface area contributed by atoms with Crippen LogP contribution in [0.15, 0.2) is 238 Å². The van der Waals surface area contributed by atoms with E-state index in [4.69, 9.17) is 0 Å². The van der Waals surface area contributed by atoms with E-state index in [0.717, 1.165) is 78.6 Å². The van der Waals surface area contributed by atoms with E-state index in [0.29, 0.717) is 48.7 Å². The third-order valence-electron chi connectivity index (χ3n) is 11.7. The van der Waals surface area contributed by atoms with Crippen LogP contribution in [-0.2, 0) is 34.7 Å². The smallest absolute Gasteiger partial charge is 0.180 e. The highest BCUT2D eigenvalue weighted by Crippen LogP contribution is 2.30. The van der Waals surface area contributed by atoms with E-state index in [-0.39, 0.29) is 16.2 Å². The van der Waals surface area contributed by atoms with Crippen LogP contribution in [0, 0.1) is 43.3 Å². The molecule has 25 heteroatoms. The van der Waals surface area contributed by atoms with Crippen molar-refractivity contribution < 1.29 is 4.42 Å². The van der Waals surface area contributed by atoms with Crippen LogP contribution in [0.3, 0.4) is 0 Å². The summed E-state index contributed by atoms with van der Waals surface area (Å²) in [6, 6.07) is 24.0. The largest absolute Gasteiger partial charge is 0.452 e. The standard InChI is InChI=1S/C10H12N2S.C10H14.C8H12N2.2C6H5N3.C6H4N2S.C6H10N2S.C5H5N.8C5H12.C4H5N.C3H4N2.C3H3NO.C3H3NS/c1-10(2,3)9-12-7-5-4-6-11-8(7)13-9;1-10(2,3)9-7-5-4-6-8-9;1-8(2,3)7-6-9-4-5-10-7;2*1-5-2-8-4-9-6(5)3-7-1;1-2-5-6(7-3-1)9-4-8-5;1-6(2,3)5-8-7-4-9-5;1-2-4-6-5-3-1;8*1-5(2,3)4;1-2-4-5-3-1;3*1-2-5-3-4-1/h4-6H,1-3H3;4-8H,1-3H3;4-6H,1-3H3;2*1-2,4H,3H2;1-4H;4H,1-3H3;1-5H;8*1-4H3;1-3H,4H2;1-3H,(H,4,5);2*1-3H. The van der Waals surface area contributed by atoms with Crippen molar-refractivity contribution in [2.45, 2.75) is 339 Å². The molecule has 16 rings (SSSR count). The van der Waals surface area contributed by atoms with E-state index in [1.807, 2.05) is 66.2 Å². The summed E-state index contributed by atoms with van der Waals surface area (Å²) in [6.45, 7) is 98.3. The number of aliphatic imine (C=N–C) groups is 3. The molecule has 0 atom stereocenters. The maximum absolute atomic E-state index is 4.54. The van der Waals surface area contributed by atoms with Crippen molar-refractivity contribution >= 4 is 84.7 Å². The number of hydrogen-bond acceptors (Lipinski definition) is 24. The number of fused-ring (bicyclic) bond motifs is 4. The molecule has 21 nitrogen and oxygen atoms in total. The minimum absolute atomic E-state index is 0.119. The number of nitrogens with one attached hydrogen (secondary N) is 1. The number of allylic oxidation sites excluding steroid dienone is 1. The monoisotopic (exact) mass is 1920 g/mol. The Morgan fingerprint density at radius 2 is 0.822 bits per heavy atom. The number of H-pyrrole nitrogens is 1. The van der Waals surface area contributed by atoms with E-state index in [1.165, 1.54) is 18.2 Å². The van der Waals surface area contributed by atoms with Crippen LogP contribution in [0.4, 0.5) is 0 Å². The maximum atomic E-state index is 4.54. The first kappa shape index (κ1) is 131. The summed E-state index contributed by atoms with van der Waals surface area (Å²) in [6.07, 6.45) is 39.7. The minimum atomic E-state index is 0.119. The van der Waals surface area contributed by atoms with Crippen molar-refractivity contribution in [3.05, 3.63) is 263 Å². The van der Waals surface area contributed by atoms with Gasteiger partial charge >= 0.3 is 0 Å². The second-order valence-electron chi connectivity index (χ2n) is 47.6. The quantitative estimate of drug-likeness (QED) is 0.148. The second-order valence-corrected chi connectivity index (χ2v) is 51.0. The minimum Gasteiger partial charge on any atom is -0.452 e. The van der Waals surface area contributed by atoms with Gasteiger partial charge in [-0.1, -0.05) is 358 Å². The predicted octanol–water partition coefficient (Wildman–Crippen LogP) is 32.4. The first-order valence-corrected chi connectivity index (χ1v) is 49.4. The number of rotatable bonds is 0. The molecular formula is C110H178N20OS4. The molecular weight excluding hydrogens is 1750 g/mol. The average Bonchev–Trinajstić information content (AvgIpc) is 1.67. The molecule has 13 aromatic rings. The number of thiazole rings is 3. The van der Waals surface area contributed by atoms with E-state index < -0.39 is 0 Å². The van der Waals surface area contributed by atoms with Crippen molar-refractivity contribution in [3.63, 3.8) is 0 Å². The molecule has 1 aromatic carbocycles. The molecule has 748 valence electrons. The number of hydrogen-bond donors (Lipinski definition) is 1. The number of oxazole rings is 1. The zero-order chi connectivity index (χ0) is 104. The number of aromatic nitrogens is 17. The van der Waals surface area contributed by atoms with Gasteiger partial charge in [-0.2, -0.15) is 0 Å². The Morgan fingerprint density at radius 1 is 0.348 bits per heavy atom. The molecule has 0 saturated carbocycles. The first-order chi connectivity index (χ1) is 61.8. The Bertz CT molecular complexity index is 4450. The van der Waals surface area contributed by atoms with Crippen molar-refractivity contribution in [2.75, 3.05) is 6.54 Å². The Labute approximate surface area is 835 Å². The molecule has 12 aromatic heterocycles. The van der Waals surface area contributed by atoms with Crippen molar-refractivity contribution in [2.24, 2.45) is 58.3 Å². The molecule has 0 fully saturated rings. The Balaban J connectivity index is -0.000000675. The number of nitrogens with zero attached hydrogens (tertiary/aromatic N) is 19. The number of pyridine rings is 3. The molecule has 0 spiro atoms. The van der Waals surface area contributed by atoms with Gasteiger partial charge in [0.05, 0.1) is 65.8 Å². The topological polar surface area (TPSA) is 272 Å². The SMILES string of the molecule is C1=CCN=C1.C1=NCc2ncncc21.C1=NCc2ncncc21.CC(C)(C)C.CC(C)(C)C.CC(C)(C)C.CC(C)(C)C.CC(C)(C)C.CC(C)(C)C.CC(C)(C)C.CC(C)(C)C.CC(C)(C)c1ccccc1.CC(C)(C)c1cnccn1.CC(C)(C)c1nc2cccnc2s1.CC(C)(C)c1nncs1.c1c[nH]cn1.c1ccncc1.c1cnc2scnc2c1.c1cocn1.c1cscn1. The molecule has 15 heterocycles. The lowest BCUT2D eigenvalue weighted by Gasteiger charge is -2.18. The third kappa shape index (κ3) is 104. The van der Waals surface area contributed by atoms with Gasteiger partial charge in [-0.3, -0.25) is 34.9 Å². The van der Waals surface area contributed by atoms with Crippen molar-refractivity contribution in [1.29, 1.82) is 0 Å². The summed E-state index contributed by atoms with van der Waals surface area (Å²) in [4.78, 5) is 72.4. The van der Waals surface area contributed by atoms with Crippen molar-refractivity contribution in [3.8, 4) is 0 Å². The molecule has 0 amide bonds. The highest BCUT2D eigenvalue weighted by atomic mass is 32.1. The van der Waals surface area contributed by atoms with Gasteiger partial charge in [0.25, 0.3) is 0 Å². The van der Waals surface area contributed by atoms with E-state index >= 15 is 0 Å². The summed E-state index contributed by atoms with van der Waals surface area (Å²) >= 11 is 6.46. The fraction of sp³-hybridized carbons (Fsp3) is 0.536. The molecule has 0 bridgehead atoms. The van der Waals surface area contributed by atoms with E-state index in [2.05, 4.69) is 439 Å². The molecule has 0 radical (unpaired) electrons. The zero-order valence-electron chi connectivity index (χ0n) is 91.7. The molecule has 0 unspecified atom stereocenters. The summed E-state index contributed by atoms with van der Waals surface area (Å²) in [7, 11) is 0. The third-order valence-corrected chi connectivity index (χ3v) is 15.5. The second kappa shape index (κ2) is 68.9. The summed E-state index contributed by atoms with van der Waals surface area (Å²) in [5.41, 5.74) is 18.7. The zero-order valence-corrected chi connectivity index (χ0v) is 94.9. The first-order valence-electron chi connectivity index (χ1n) is 45.9. The highest BCUT2D eigenvalue weighted by molar-refractivity contribution is 7.18. The Morgan fingerprint density at radius 3 is 1.08 bits per heavy atom. The van der Waals surface area contributed by atoms with Crippen LogP contribution >= 0.6 is 45.3 Å². The lowest BCUT2D eigenvalue weighted by atomic mass is 9.87. The lowest BCUT2D eigenvalue weighted by molar-refractivity contribution is 0.469. The van der Waals surface area contributed by atoms with Crippen LogP contribution in [0.1, 0.15) is 348 Å². The number of benzene rings is 1.